The van der Waals surface area contributed by atoms with Crippen LogP contribution < -0.4 is 10.9 Å². The fraction of sp³-hybridized carbons (Fsp3) is 0.467. The average Bonchev–Trinajstić information content (AvgIpc) is 2.74. The number of nitrogens with one attached hydrogen (secondary N) is 2. The highest BCUT2D eigenvalue weighted by Gasteiger charge is 2.20. The monoisotopic (exact) mass is 276 g/mol. The van der Waals surface area contributed by atoms with Crippen molar-refractivity contribution in [1.82, 2.24) is 10.9 Å². The minimum atomic E-state index is -0.509. The summed E-state index contributed by atoms with van der Waals surface area (Å²) in [6.45, 7) is 0. The Morgan fingerprint density at radius 3 is 2.30 bits per heavy atom. The van der Waals surface area contributed by atoms with Crippen LogP contribution in [-0.4, -0.2) is 16.9 Å². The van der Waals surface area contributed by atoms with Crippen LogP contribution in [0.4, 0.5) is 0 Å². The summed E-state index contributed by atoms with van der Waals surface area (Å²) in [7, 11) is 0. The van der Waals surface area contributed by atoms with Crippen LogP contribution in [0, 0.1) is 5.92 Å². The van der Waals surface area contributed by atoms with Crippen LogP contribution >= 0.6 is 0 Å². The molecule has 0 radical (unpaired) electrons. The van der Waals surface area contributed by atoms with E-state index in [4.69, 9.17) is 0 Å². The predicted molar refractivity (Wildman–Crippen MR) is 74.9 cm³/mol. The third-order valence-corrected chi connectivity index (χ3v) is 3.67. The van der Waals surface area contributed by atoms with Crippen LogP contribution in [0.5, 0.6) is 5.75 Å². The Bertz CT molecular complexity index is 480. The number of aromatic hydroxyl groups is 1. The molecule has 1 aliphatic carbocycles. The summed E-state index contributed by atoms with van der Waals surface area (Å²) in [6.07, 6.45) is 6.22. The van der Waals surface area contributed by atoms with Gasteiger partial charge < -0.3 is 5.11 Å². The van der Waals surface area contributed by atoms with E-state index in [0.29, 0.717) is 0 Å². The third-order valence-electron chi connectivity index (χ3n) is 3.67. The van der Waals surface area contributed by atoms with Crippen molar-refractivity contribution in [2.45, 2.75) is 38.5 Å². The van der Waals surface area contributed by atoms with Gasteiger partial charge in [-0.1, -0.05) is 37.8 Å². The number of phenolic OH excluding ortho intramolecular Hbond substituents is 1. The molecule has 1 aliphatic rings. The van der Waals surface area contributed by atoms with E-state index >= 15 is 0 Å². The summed E-state index contributed by atoms with van der Waals surface area (Å²) < 4.78 is 0. The van der Waals surface area contributed by atoms with Crippen molar-refractivity contribution >= 4 is 11.8 Å². The second kappa shape index (κ2) is 6.93. The van der Waals surface area contributed by atoms with Crippen LogP contribution in [0.2, 0.25) is 0 Å². The molecule has 0 atom stereocenters. The van der Waals surface area contributed by atoms with E-state index in [9.17, 15) is 14.7 Å². The van der Waals surface area contributed by atoms with E-state index < -0.39 is 5.91 Å². The van der Waals surface area contributed by atoms with Crippen LogP contribution in [0.15, 0.2) is 24.3 Å². The normalized spacial score (nSPS) is 16.2. The van der Waals surface area contributed by atoms with Gasteiger partial charge in [0.05, 0.1) is 5.56 Å². The predicted octanol–water partition coefficient (Wildman–Crippen LogP) is 2.12. The number of para-hydroxylation sites is 1. The van der Waals surface area contributed by atoms with E-state index in [0.717, 1.165) is 25.7 Å². The molecule has 1 saturated carbocycles. The molecule has 1 aromatic carbocycles. The zero-order valence-electron chi connectivity index (χ0n) is 11.4. The number of rotatable bonds is 2. The van der Waals surface area contributed by atoms with Crippen molar-refractivity contribution < 1.29 is 14.7 Å². The Morgan fingerprint density at radius 2 is 1.65 bits per heavy atom. The number of hydrazine groups is 1. The molecule has 108 valence electrons. The van der Waals surface area contributed by atoms with Crippen molar-refractivity contribution in [3.8, 4) is 5.75 Å². The molecule has 2 rings (SSSR count). The highest BCUT2D eigenvalue weighted by molar-refractivity contribution is 5.97. The van der Waals surface area contributed by atoms with Gasteiger partial charge in [-0.3, -0.25) is 20.4 Å². The molecule has 0 aliphatic heterocycles. The van der Waals surface area contributed by atoms with E-state index in [-0.39, 0.29) is 23.1 Å². The molecule has 5 heteroatoms. The molecule has 5 nitrogen and oxygen atoms in total. The Morgan fingerprint density at radius 1 is 1.00 bits per heavy atom. The number of carbonyl (C=O) groups is 2. The Kier molecular flexibility index (Phi) is 4.98. The summed E-state index contributed by atoms with van der Waals surface area (Å²) in [5, 5.41) is 9.56. The lowest BCUT2D eigenvalue weighted by Crippen LogP contribution is -2.44. The zero-order valence-corrected chi connectivity index (χ0v) is 11.4. The van der Waals surface area contributed by atoms with Gasteiger partial charge in [-0.25, -0.2) is 0 Å². The third kappa shape index (κ3) is 3.73. The second-order valence-electron chi connectivity index (χ2n) is 5.15. The molecule has 0 spiro atoms. The van der Waals surface area contributed by atoms with Crippen LogP contribution in [0.25, 0.3) is 0 Å². The summed E-state index contributed by atoms with van der Waals surface area (Å²) in [6, 6.07) is 6.22. The first kappa shape index (κ1) is 14.4. The van der Waals surface area contributed by atoms with Gasteiger partial charge >= 0.3 is 0 Å². The fourth-order valence-corrected chi connectivity index (χ4v) is 2.49. The lowest BCUT2D eigenvalue weighted by molar-refractivity contribution is -0.126. The standard InChI is InChI=1S/C15H20N2O3/c18-13-10-6-5-9-12(13)15(20)17-16-14(19)11-7-3-1-2-4-8-11/h5-6,9-11,18H,1-4,7-8H2,(H,16,19)(H,17,20). The number of carbonyl (C=O) groups excluding carboxylic acids is 2. The first-order chi connectivity index (χ1) is 9.68. The average molecular weight is 276 g/mol. The lowest BCUT2D eigenvalue weighted by atomic mass is 10.00. The molecule has 2 amide bonds. The van der Waals surface area contributed by atoms with Gasteiger partial charge in [0.2, 0.25) is 5.91 Å². The topological polar surface area (TPSA) is 78.4 Å². The Hall–Kier alpha value is -2.04. The number of phenols is 1. The van der Waals surface area contributed by atoms with Gasteiger partial charge in [-0.15, -0.1) is 0 Å². The largest absolute Gasteiger partial charge is 0.507 e. The van der Waals surface area contributed by atoms with E-state index in [2.05, 4.69) is 10.9 Å². The fourth-order valence-electron chi connectivity index (χ4n) is 2.49. The molecular weight excluding hydrogens is 256 g/mol. The summed E-state index contributed by atoms with van der Waals surface area (Å²) in [4.78, 5) is 23.8. The second-order valence-corrected chi connectivity index (χ2v) is 5.15. The zero-order chi connectivity index (χ0) is 14.4. The first-order valence-electron chi connectivity index (χ1n) is 7.06. The van der Waals surface area contributed by atoms with Crippen molar-refractivity contribution in [3.63, 3.8) is 0 Å². The van der Waals surface area contributed by atoms with Crippen molar-refractivity contribution in [3.05, 3.63) is 29.8 Å². The van der Waals surface area contributed by atoms with Crippen molar-refractivity contribution in [2.24, 2.45) is 5.92 Å². The van der Waals surface area contributed by atoms with Crippen LogP contribution in [0.1, 0.15) is 48.9 Å². The maximum absolute atomic E-state index is 12.0. The Labute approximate surface area is 118 Å². The van der Waals surface area contributed by atoms with Gasteiger partial charge in [0, 0.05) is 5.92 Å². The lowest BCUT2D eigenvalue weighted by Gasteiger charge is -2.14. The minimum Gasteiger partial charge on any atom is -0.507 e. The summed E-state index contributed by atoms with van der Waals surface area (Å²) in [5.41, 5.74) is 4.96. The molecule has 20 heavy (non-hydrogen) atoms. The van der Waals surface area contributed by atoms with Crippen molar-refractivity contribution in [2.75, 3.05) is 0 Å². The smallest absolute Gasteiger partial charge is 0.273 e. The van der Waals surface area contributed by atoms with Crippen LogP contribution in [0.3, 0.4) is 0 Å². The molecule has 0 aromatic heterocycles. The first-order valence-corrected chi connectivity index (χ1v) is 7.06. The van der Waals surface area contributed by atoms with Gasteiger partial charge in [0.15, 0.2) is 0 Å². The quantitative estimate of drug-likeness (QED) is 0.572. The molecular formula is C15H20N2O3. The number of amides is 2. The molecule has 0 heterocycles. The molecule has 1 fully saturated rings. The molecule has 0 saturated heterocycles. The molecule has 0 unspecified atom stereocenters. The Balaban J connectivity index is 1.86. The van der Waals surface area contributed by atoms with E-state index in [1.54, 1.807) is 12.1 Å². The maximum atomic E-state index is 12.0. The van der Waals surface area contributed by atoms with Crippen molar-refractivity contribution in [1.29, 1.82) is 0 Å². The van der Waals surface area contributed by atoms with Gasteiger partial charge in [-0.05, 0) is 25.0 Å². The number of hydrogen-bond acceptors (Lipinski definition) is 3. The maximum Gasteiger partial charge on any atom is 0.273 e. The van der Waals surface area contributed by atoms with Gasteiger partial charge in [0.25, 0.3) is 5.91 Å². The van der Waals surface area contributed by atoms with Crippen LogP contribution in [-0.2, 0) is 4.79 Å². The van der Waals surface area contributed by atoms with Gasteiger partial charge in [-0.2, -0.15) is 0 Å². The highest BCUT2D eigenvalue weighted by atomic mass is 16.3. The summed E-state index contributed by atoms with van der Waals surface area (Å²) >= 11 is 0. The molecule has 0 bridgehead atoms. The van der Waals surface area contributed by atoms with E-state index in [1.807, 2.05) is 0 Å². The number of benzene rings is 1. The van der Waals surface area contributed by atoms with Gasteiger partial charge in [0.1, 0.15) is 5.75 Å². The van der Waals surface area contributed by atoms with E-state index in [1.165, 1.54) is 25.0 Å². The molecule has 1 aromatic rings. The highest BCUT2D eigenvalue weighted by Crippen LogP contribution is 2.22. The minimum absolute atomic E-state index is 0.0258. The summed E-state index contributed by atoms with van der Waals surface area (Å²) in [5.74, 6) is -0.781. The number of hydrogen-bond donors (Lipinski definition) is 3. The SMILES string of the molecule is O=C(NNC(=O)C1CCCCCC1)c1ccccc1O. The molecule has 3 N–H and O–H groups in total.